The van der Waals surface area contributed by atoms with Crippen LogP contribution in [0.15, 0.2) is 12.7 Å². The molecule has 0 saturated heterocycles. The van der Waals surface area contributed by atoms with Crippen molar-refractivity contribution in [3.63, 3.8) is 0 Å². The lowest BCUT2D eigenvalue weighted by Crippen LogP contribution is -2.34. The van der Waals surface area contributed by atoms with Gasteiger partial charge in [-0.25, -0.2) is 0 Å². The quantitative estimate of drug-likeness (QED) is 0.472. The predicted octanol–water partition coefficient (Wildman–Crippen LogP) is 2.26. The first-order chi connectivity index (χ1) is 9.08. The molecule has 1 aliphatic carbocycles. The number of hydrogen-bond donors (Lipinski definition) is 1. The van der Waals surface area contributed by atoms with Crippen LogP contribution in [0.1, 0.15) is 32.6 Å². The molecule has 1 aliphatic rings. The topological polar surface area (TPSA) is 72.8 Å². The summed E-state index contributed by atoms with van der Waals surface area (Å²) in [7, 11) is 1.52. The molecule has 0 bridgehead atoms. The van der Waals surface area contributed by atoms with Gasteiger partial charge in [-0.15, -0.1) is 6.58 Å². The predicted molar refractivity (Wildman–Crippen MR) is 71.8 cm³/mol. The second-order valence-corrected chi connectivity index (χ2v) is 4.40. The van der Waals surface area contributed by atoms with E-state index in [-0.39, 0.29) is 6.61 Å². The molecule has 1 saturated carbocycles. The van der Waals surface area contributed by atoms with Crippen LogP contribution in [0, 0.1) is 11.8 Å². The number of esters is 1. The number of carbonyl (C=O) groups is 2. The zero-order valence-electron chi connectivity index (χ0n) is 11.8. The molecule has 1 N–H and O–H groups in total. The molecular formula is C14H24O5. The summed E-state index contributed by atoms with van der Waals surface area (Å²) < 4.78 is 9.74. The van der Waals surface area contributed by atoms with Gasteiger partial charge in [0.2, 0.25) is 0 Å². The van der Waals surface area contributed by atoms with Crippen LogP contribution in [0.4, 0.5) is 0 Å². The van der Waals surface area contributed by atoms with Crippen LogP contribution in [0.5, 0.6) is 0 Å². The van der Waals surface area contributed by atoms with Gasteiger partial charge in [-0.2, -0.15) is 0 Å². The molecule has 1 rings (SSSR count). The minimum atomic E-state index is -0.895. The van der Waals surface area contributed by atoms with E-state index in [0.29, 0.717) is 19.4 Å². The van der Waals surface area contributed by atoms with Gasteiger partial charge in [0.25, 0.3) is 0 Å². The van der Waals surface area contributed by atoms with Crippen LogP contribution in [-0.4, -0.2) is 37.4 Å². The van der Waals surface area contributed by atoms with E-state index in [1.165, 1.54) is 7.11 Å². The molecule has 0 aromatic heterocycles. The molecule has 0 aromatic carbocycles. The van der Waals surface area contributed by atoms with Crippen molar-refractivity contribution in [2.45, 2.75) is 32.6 Å². The second kappa shape index (κ2) is 10.6. The highest BCUT2D eigenvalue weighted by molar-refractivity contribution is 5.81. The van der Waals surface area contributed by atoms with E-state index in [2.05, 4.69) is 6.58 Å². The second-order valence-electron chi connectivity index (χ2n) is 4.40. The Morgan fingerprint density at radius 2 is 1.79 bits per heavy atom. The maximum absolute atomic E-state index is 11.6. The molecule has 1 fully saturated rings. The Bertz CT molecular complexity index is 288. The van der Waals surface area contributed by atoms with Gasteiger partial charge in [-0.05, 0) is 19.8 Å². The van der Waals surface area contributed by atoms with Crippen molar-refractivity contribution in [3.8, 4) is 0 Å². The number of carboxylic acid groups (broad SMARTS) is 1. The first-order valence-corrected chi connectivity index (χ1v) is 6.53. The number of aliphatic carboxylic acids is 1. The number of allylic oxidation sites excluding steroid dienone is 1. The third kappa shape index (κ3) is 6.96. The summed E-state index contributed by atoms with van der Waals surface area (Å²) in [5.41, 5.74) is 0. The van der Waals surface area contributed by atoms with Crippen molar-refractivity contribution in [2.24, 2.45) is 11.8 Å². The number of ether oxygens (including phenoxy) is 2. The number of methoxy groups -OCH3 is 1. The van der Waals surface area contributed by atoms with Crippen molar-refractivity contribution < 1.29 is 24.2 Å². The lowest BCUT2D eigenvalue weighted by atomic mass is 9.79. The lowest BCUT2D eigenvalue weighted by Gasteiger charge is -2.26. The molecule has 5 heteroatoms. The Balaban J connectivity index is 0.000000982. The fourth-order valence-corrected chi connectivity index (χ4v) is 2.04. The van der Waals surface area contributed by atoms with Crippen LogP contribution in [0.25, 0.3) is 0 Å². The van der Waals surface area contributed by atoms with Crippen LogP contribution in [-0.2, 0) is 19.1 Å². The average Bonchev–Trinajstić information content (AvgIpc) is 2.39. The van der Waals surface area contributed by atoms with Gasteiger partial charge >= 0.3 is 11.9 Å². The summed E-state index contributed by atoms with van der Waals surface area (Å²) in [6, 6.07) is 0. The molecule has 2 unspecified atom stereocenters. The number of hydrogen-bond acceptors (Lipinski definition) is 4. The zero-order valence-corrected chi connectivity index (χ0v) is 11.8. The van der Waals surface area contributed by atoms with Crippen LogP contribution >= 0.6 is 0 Å². The molecule has 0 spiro atoms. The number of carbonyl (C=O) groups excluding carboxylic acids is 1. The Hall–Kier alpha value is -1.36. The minimum Gasteiger partial charge on any atom is -0.481 e. The van der Waals surface area contributed by atoms with E-state index in [4.69, 9.17) is 14.6 Å². The maximum atomic E-state index is 11.6. The highest BCUT2D eigenvalue weighted by Gasteiger charge is 2.36. The summed E-state index contributed by atoms with van der Waals surface area (Å²) in [6.07, 6.45) is 4.70. The smallest absolute Gasteiger partial charge is 0.309 e. The Morgan fingerprint density at radius 1 is 1.26 bits per heavy atom. The molecule has 110 valence electrons. The third-order valence-corrected chi connectivity index (χ3v) is 2.92. The van der Waals surface area contributed by atoms with Crippen molar-refractivity contribution in [2.75, 3.05) is 20.3 Å². The standard InChI is InChI=1S/C11H18O5.C3H6/c1-15-6-7-16-11(14)9-5-3-2-4-8(9)10(12)13;1-3-2/h8-9H,2-7H2,1H3,(H,12,13);3H,1H2,2H3. The van der Waals surface area contributed by atoms with E-state index in [1.807, 2.05) is 6.92 Å². The van der Waals surface area contributed by atoms with E-state index in [9.17, 15) is 9.59 Å². The summed E-state index contributed by atoms with van der Waals surface area (Å²) in [4.78, 5) is 22.6. The Kier molecular flexibility index (Phi) is 9.80. The van der Waals surface area contributed by atoms with Gasteiger partial charge in [-0.1, -0.05) is 18.9 Å². The van der Waals surface area contributed by atoms with E-state index in [1.54, 1.807) is 6.08 Å². The normalized spacial score (nSPS) is 21.8. The molecule has 19 heavy (non-hydrogen) atoms. The zero-order chi connectivity index (χ0) is 14.7. The number of rotatable bonds is 5. The molecule has 0 amide bonds. The monoisotopic (exact) mass is 272 g/mol. The lowest BCUT2D eigenvalue weighted by molar-refractivity contribution is -0.160. The number of carboxylic acids is 1. The third-order valence-electron chi connectivity index (χ3n) is 2.92. The highest BCUT2D eigenvalue weighted by Crippen LogP contribution is 2.31. The van der Waals surface area contributed by atoms with Crippen LogP contribution in [0.3, 0.4) is 0 Å². The molecular weight excluding hydrogens is 248 g/mol. The van der Waals surface area contributed by atoms with Crippen molar-refractivity contribution in [1.29, 1.82) is 0 Å². The largest absolute Gasteiger partial charge is 0.481 e. The molecule has 0 radical (unpaired) electrons. The molecule has 5 nitrogen and oxygen atoms in total. The first kappa shape index (κ1) is 17.6. The molecule has 0 aromatic rings. The highest BCUT2D eigenvalue weighted by atomic mass is 16.6. The molecule has 0 heterocycles. The van der Waals surface area contributed by atoms with Gasteiger partial charge in [0, 0.05) is 7.11 Å². The van der Waals surface area contributed by atoms with Crippen molar-refractivity contribution >= 4 is 11.9 Å². The van der Waals surface area contributed by atoms with Crippen LogP contribution < -0.4 is 0 Å². The summed E-state index contributed by atoms with van der Waals surface area (Å²) in [5, 5.41) is 9.00. The molecule has 0 aliphatic heterocycles. The van der Waals surface area contributed by atoms with Gasteiger partial charge in [0.15, 0.2) is 0 Å². The minimum absolute atomic E-state index is 0.193. The van der Waals surface area contributed by atoms with Gasteiger partial charge in [0.05, 0.1) is 18.4 Å². The van der Waals surface area contributed by atoms with Gasteiger partial charge < -0.3 is 14.6 Å². The van der Waals surface area contributed by atoms with Gasteiger partial charge in [0.1, 0.15) is 6.61 Å². The first-order valence-electron chi connectivity index (χ1n) is 6.53. The van der Waals surface area contributed by atoms with E-state index < -0.39 is 23.8 Å². The Labute approximate surface area is 114 Å². The van der Waals surface area contributed by atoms with E-state index >= 15 is 0 Å². The van der Waals surface area contributed by atoms with Crippen LogP contribution in [0.2, 0.25) is 0 Å². The van der Waals surface area contributed by atoms with Crippen molar-refractivity contribution in [3.05, 3.63) is 12.7 Å². The van der Waals surface area contributed by atoms with Crippen molar-refractivity contribution in [1.82, 2.24) is 0 Å². The summed E-state index contributed by atoms with van der Waals surface area (Å²) >= 11 is 0. The Morgan fingerprint density at radius 3 is 2.26 bits per heavy atom. The average molecular weight is 272 g/mol. The SMILES string of the molecule is C=CC.COCCOC(=O)C1CCCCC1C(=O)O. The summed E-state index contributed by atoms with van der Waals surface area (Å²) in [6.45, 7) is 5.79. The maximum Gasteiger partial charge on any atom is 0.309 e. The summed E-state index contributed by atoms with van der Waals surface area (Å²) in [5.74, 6) is -2.36. The van der Waals surface area contributed by atoms with E-state index in [0.717, 1.165) is 12.8 Å². The molecule has 2 atom stereocenters. The fourth-order valence-electron chi connectivity index (χ4n) is 2.04. The van der Waals surface area contributed by atoms with Gasteiger partial charge in [-0.3, -0.25) is 9.59 Å². The fraction of sp³-hybridized carbons (Fsp3) is 0.714.